The van der Waals surface area contributed by atoms with Gasteiger partial charge in [-0.2, -0.15) is 0 Å². The van der Waals surface area contributed by atoms with Crippen molar-refractivity contribution in [1.82, 2.24) is 4.98 Å². The molecule has 0 N–H and O–H groups in total. The average Bonchev–Trinajstić information content (AvgIpc) is 1.88. The Labute approximate surface area is 59.9 Å². The molecule has 54 valence electrons. The molecule has 0 saturated heterocycles. The van der Waals surface area contributed by atoms with Crippen LogP contribution in [0.25, 0.3) is 0 Å². The van der Waals surface area contributed by atoms with Crippen molar-refractivity contribution >= 4 is 0 Å². The molecular formula is C8H10FN. The lowest BCUT2D eigenvalue weighted by molar-refractivity contribution is 0.595. The van der Waals surface area contributed by atoms with Crippen molar-refractivity contribution in [2.45, 2.75) is 19.8 Å². The van der Waals surface area contributed by atoms with Crippen LogP contribution in [0.3, 0.4) is 0 Å². The van der Waals surface area contributed by atoms with Crippen molar-refractivity contribution in [3.63, 3.8) is 0 Å². The van der Waals surface area contributed by atoms with Crippen LogP contribution in [0.5, 0.6) is 0 Å². The summed E-state index contributed by atoms with van der Waals surface area (Å²) in [4.78, 5) is 3.83. The highest BCUT2D eigenvalue weighted by molar-refractivity contribution is 5.15. The summed E-state index contributed by atoms with van der Waals surface area (Å²) in [7, 11) is 0. The molecule has 0 aliphatic rings. The lowest BCUT2D eigenvalue weighted by Gasteiger charge is -2.03. The van der Waals surface area contributed by atoms with Gasteiger partial charge in [-0.3, -0.25) is 4.98 Å². The predicted molar refractivity (Wildman–Crippen MR) is 38.3 cm³/mol. The third-order valence-corrected chi connectivity index (χ3v) is 1.42. The first-order valence-electron chi connectivity index (χ1n) is 3.31. The van der Waals surface area contributed by atoms with E-state index in [1.807, 2.05) is 13.8 Å². The predicted octanol–water partition coefficient (Wildman–Crippen LogP) is 2.34. The summed E-state index contributed by atoms with van der Waals surface area (Å²) < 4.78 is 12.8. The number of hydrogen-bond acceptors (Lipinski definition) is 1. The summed E-state index contributed by atoms with van der Waals surface area (Å²) in [5, 5.41) is 0. The molecule has 0 atom stereocenters. The highest BCUT2D eigenvalue weighted by atomic mass is 19.1. The van der Waals surface area contributed by atoms with E-state index < -0.39 is 0 Å². The maximum absolute atomic E-state index is 12.8. The molecule has 2 heteroatoms. The van der Waals surface area contributed by atoms with Crippen molar-refractivity contribution in [2.24, 2.45) is 0 Å². The summed E-state index contributed by atoms with van der Waals surface area (Å²) in [6, 6.07) is 1.38. The number of rotatable bonds is 1. The zero-order chi connectivity index (χ0) is 7.56. The molecule has 0 aliphatic heterocycles. The fourth-order valence-corrected chi connectivity index (χ4v) is 0.815. The van der Waals surface area contributed by atoms with Gasteiger partial charge < -0.3 is 0 Å². The Morgan fingerprint density at radius 1 is 1.50 bits per heavy atom. The SMILES string of the molecule is CC(C)c1cnccc1F. The third kappa shape index (κ3) is 1.32. The van der Waals surface area contributed by atoms with E-state index in [0.717, 1.165) is 0 Å². The minimum absolute atomic E-state index is 0.162. The fraction of sp³-hybridized carbons (Fsp3) is 0.375. The van der Waals surface area contributed by atoms with Gasteiger partial charge in [0.05, 0.1) is 0 Å². The number of pyridine rings is 1. The maximum atomic E-state index is 12.8. The van der Waals surface area contributed by atoms with E-state index in [9.17, 15) is 4.39 Å². The standard InChI is InChI=1S/C8H10FN/c1-6(2)7-5-10-4-3-8(7)9/h3-6H,1-2H3. The second-order valence-corrected chi connectivity index (χ2v) is 2.55. The number of nitrogens with zero attached hydrogens (tertiary/aromatic N) is 1. The van der Waals surface area contributed by atoms with Crippen LogP contribution in [0.4, 0.5) is 4.39 Å². The Hall–Kier alpha value is -0.920. The van der Waals surface area contributed by atoms with Gasteiger partial charge >= 0.3 is 0 Å². The normalized spacial score (nSPS) is 10.4. The van der Waals surface area contributed by atoms with Crippen LogP contribution < -0.4 is 0 Å². The molecule has 1 rings (SSSR count). The number of hydrogen-bond donors (Lipinski definition) is 0. The molecule has 10 heavy (non-hydrogen) atoms. The quantitative estimate of drug-likeness (QED) is 0.582. The van der Waals surface area contributed by atoms with Crippen LogP contribution in [0.2, 0.25) is 0 Å². The van der Waals surface area contributed by atoms with E-state index in [1.165, 1.54) is 12.3 Å². The lowest BCUT2D eigenvalue weighted by Crippen LogP contribution is -1.92. The first kappa shape index (κ1) is 7.19. The Balaban J connectivity index is 3.03. The molecule has 0 amide bonds. The van der Waals surface area contributed by atoms with Crippen LogP contribution in [-0.2, 0) is 0 Å². The summed E-state index contributed by atoms with van der Waals surface area (Å²) in [5.74, 6) is 0.0544. The van der Waals surface area contributed by atoms with E-state index in [0.29, 0.717) is 5.56 Å². The molecule has 0 radical (unpaired) electrons. The summed E-state index contributed by atoms with van der Waals surface area (Å²) in [5.41, 5.74) is 0.683. The Kier molecular flexibility index (Phi) is 2.00. The molecule has 1 heterocycles. The highest BCUT2D eigenvalue weighted by Gasteiger charge is 2.03. The van der Waals surface area contributed by atoms with E-state index in [4.69, 9.17) is 0 Å². The van der Waals surface area contributed by atoms with Crippen molar-refractivity contribution in [3.8, 4) is 0 Å². The second kappa shape index (κ2) is 2.78. The molecule has 1 aromatic rings. The third-order valence-electron chi connectivity index (χ3n) is 1.42. The molecule has 0 aliphatic carbocycles. The molecular weight excluding hydrogens is 129 g/mol. The molecule has 0 spiro atoms. The molecule has 0 unspecified atom stereocenters. The Morgan fingerprint density at radius 3 is 2.60 bits per heavy atom. The van der Waals surface area contributed by atoms with E-state index in [1.54, 1.807) is 6.20 Å². The Morgan fingerprint density at radius 2 is 2.20 bits per heavy atom. The smallest absolute Gasteiger partial charge is 0.129 e. The largest absolute Gasteiger partial charge is 0.264 e. The second-order valence-electron chi connectivity index (χ2n) is 2.55. The molecule has 0 aromatic carbocycles. The van der Waals surface area contributed by atoms with Crippen molar-refractivity contribution in [2.75, 3.05) is 0 Å². The van der Waals surface area contributed by atoms with Crippen LogP contribution in [-0.4, -0.2) is 4.98 Å². The van der Waals surface area contributed by atoms with Gasteiger partial charge in [-0.05, 0) is 12.0 Å². The van der Waals surface area contributed by atoms with Gasteiger partial charge in [-0.15, -0.1) is 0 Å². The Bertz CT molecular complexity index is 220. The molecule has 0 fully saturated rings. The minimum Gasteiger partial charge on any atom is -0.264 e. The molecule has 0 bridgehead atoms. The van der Waals surface area contributed by atoms with E-state index in [2.05, 4.69) is 4.98 Å². The monoisotopic (exact) mass is 139 g/mol. The summed E-state index contributed by atoms with van der Waals surface area (Å²) in [6.07, 6.45) is 3.03. The maximum Gasteiger partial charge on any atom is 0.129 e. The molecule has 1 aromatic heterocycles. The van der Waals surface area contributed by atoms with E-state index >= 15 is 0 Å². The number of aromatic nitrogens is 1. The lowest BCUT2D eigenvalue weighted by atomic mass is 10.1. The van der Waals surface area contributed by atoms with Gasteiger partial charge in [0, 0.05) is 18.0 Å². The van der Waals surface area contributed by atoms with Gasteiger partial charge in [0.1, 0.15) is 5.82 Å². The van der Waals surface area contributed by atoms with Crippen LogP contribution in [0.1, 0.15) is 25.3 Å². The fourth-order valence-electron chi connectivity index (χ4n) is 0.815. The zero-order valence-electron chi connectivity index (χ0n) is 6.13. The first-order valence-corrected chi connectivity index (χ1v) is 3.31. The summed E-state index contributed by atoms with van der Waals surface area (Å²) in [6.45, 7) is 3.89. The first-order chi connectivity index (χ1) is 4.72. The van der Waals surface area contributed by atoms with Crippen molar-refractivity contribution < 1.29 is 4.39 Å². The van der Waals surface area contributed by atoms with E-state index in [-0.39, 0.29) is 11.7 Å². The van der Waals surface area contributed by atoms with Crippen LogP contribution in [0.15, 0.2) is 18.5 Å². The van der Waals surface area contributed by atoms with Crippen LogP contribution in [0, 0.1) is 5.82 Å². The average molecular weight is 139 g/mol. The van der Waals surface area contributed by atoms with Gasteiger partial charge in [-0.1, -0.05) is 13.8 Å². The zero-order valence-corrected chi connectivity index (χ0v) is 6.13. The van der Waals surface area contributed by atoms with Gasteiger partial charge in [0.2, 0.25) is 0 Å². The van der Waals surface area contributed by atoms with Gasteiger partial charge in [0.15, 0.2) is 0 Å². The van der Waals surface area contributed by atoms with Crippen LogP contribution >= 0.6 is 0 Å². The molecule has 1 nitrogen and oxygen atoms in total. The minimum atomic E-state index is -0.162. The van der Waals surface area contributed by atoms with Crippen molar-refractivity contribution in [3.05, 3.63) is 29.8 Å². The number of halogens is 1. The molecule has 0 saturated carbocycles. The van der Waals surface area contributed by atoms with Crippen molar-refractivity contribution in [1.29, 1.82) is 0 Å². The topological polar surface area (TPSA) is 12.9 Å². The van der Waals surface area contributed by atoms with Gasteiger partial charge in [0.25, 0.3) is 0 Å². The summed E-state index contributed by atoms with van der Waals surface area (Å²) >= 11 is 0. The highest BCUT2D eigenvalue weighted by Crippen LogP contribution is 2.15. The van der Waals surface area contributed by atoms with Gasteiger partial charge in [-0.25, -0.2) is 4.39 Å².